The average Bonchev–Trinajstić information content (AvgIpc) is 2.89. The Bertz CT molecular complexity index is 1310. The maximum Gasteiger partial charge on any atom is 0.490 e. The highest BCUT2D eigenvalue weighted by Crippen LogP contribution is 2.16. The van der Waals surface area contributed by atoms with Crippen LogP contribution in [0.15, 0.2) is 30.5 Å². The molecule has 0 fully saturated rings. The molecular formula is C23H27F3N8O5. The van der Waals surface area contributed by atoms with Gasteiger partial charge < -0.3 is 32.4 Å². The van der Waals surface area contributed by atoms with E-state index < -0.39 is 24.2 Å². The van der Waals surface area contributed by atoms with Gasteiger partial charge in [-0.25, -0.2) is 19.6 Å². The number of nitrogens with zero attached hydrogens (tertiary/aromatic N) is 4. The van der Waals surface area contributed by atoms with Crippen LogP contribution in [0.3, 0.4) is 0 Å². The van der Waals surface area contributed by atoms with Crippen LogP contribution in [0.4, 0.5) is 24.9 Å². The summed E-state index contributed by atoms with van der Waals surface area (Å²) in [4.78, 5) is 49.9. The van der Waals surface area contributed by atoms with Crippen molar-refractivity contribution in [3.05, 3.63) is 47.3 Å². The molecule has 0 spiro atoms. The van der Waals surface area contributed by atoms with Gasteiger partial charge in [0.25, 0.3) is 5.91 Å². The third-order valence-corrected chi connectivity index (χ3v) is 5.12. The summed E-state index contributed by atoms with van der Waals surface area (Å²) in [6.07, 6.45) is -1.14. The standard InChI is InChI=1S/C21H26N8O3.C2HF3O2/c1-32-20(31)15(3-2-10-22)27-19(30)13-7-4-12(5-8-13)6-9-14-11-25-18-16(26-14)17(23)28-21(24)29-18;3-2(4,5)1(6)7/h4-5,7-8,11,15H,2-3,6,9-10,22H2,1H3,(H,27,30)(H4,23,24,25,28,29);(H,6,7)/t15-;/m0./s1. The zero-order chi connectivity index (χ0) is 29.2. The average molecular weight is 553 g/mol. The number of fused-ring (bicyclic) bond motifs is 1. The molecule has 1 aromatic carbocycles. The number of ether oxygens (including phenoxy) is 1. The van der Waals surface area contributed by atoms with Crippen LogP contribution in [0.1, 0.15) is 34.5 Å². The van der Waals surface area contributed by atoms with Crippen LogP contribution in [-0.4, -0.2) is 68.8 Å². The smallest absolute Gasteiger partial charge is 0.475 e. The van der Waals surface area contributed by atoms with E-state index in [4.69, 9.17) is 31.8 Å². The van der Waals surface area contributed by atoms with Gasteiger partial charge in [0.05, 0.1) is 19.0 Å². The summed E-state index contributed by atoms with van der Waals surface area (Å²) in [6.45, 7) is 0.424. The number of rotatable bonds is 9. The molecule has 3 aromatic rings. The number of alkyl halides is 3. The molecule has 0 bridgehead atoms. The summed E-state index contributed by atoms with van der Waals surface area (Å²) >= 11 is 0. The number of halogens is 3. The van der Waals surface area contributed by atoms with Crippen molar-refractivity contribution in [2.45, 2.75) is 37.9 Å². The fourth-order valence-electron chi connectivity index (χ4n) is 3.15. The number of esters is 1. The van der Waals surface area contributed by atoms with E-state index in [0.717, 1.165) is 11.3 Å². The van der Waals surface area contributed by atoms with Crippen LogP contribution in [0.25, 0.3) is 11.2 Å². The van der Waals surface area contributed by atoms with E-state index in [1.54, 1.807) is 18.3 Å². The molecule has 0 aliphatic heterocycles. The van der Waals surface area contributed by atoms with Gasteiger partial charge in [0.15, 0.2) is 17.0 Å². The number of aryl methyl sites for hydroxylation is 2. The summed E-state index contributed by atoms with van der Waals surface area (Å²) in [5.41, 5.74) is 19.9. The molecule has 16 heteroatoms. The van der Waals surface area contributed by atoms with E-state index in [9.17, 15) is 22.8 Å². The lowest BCUT2D eigenvalue weighted by atomic mass is 10.1. The molecule has 0 unspecified atom stereocenters. The Balaban J connectivity index is 0.000000673. The topological polar surface area (TPSA) is 222 Å². The molecule has 39 heavy (non-hydrogen) atoms. The number of aromatic nitrogens is 4. The second-order valence-electron chi connectivity index (χ2n) is 7.98. The van der Waals surface area contributed by atoms with E-state index in [1.807, 2.05) is 12.1 Å². The van der Waals surface area contributed by atoms with Crippen LogP contribution in [-0.2, 0) is 27.2 Å². The molecule has 0 aliphatic rings. The SMILES string of the molecule is COC(=O)[C@H](CCCN)NC(=O)c1ccc(CCc2cnc3nc(N)nc(N)c3n2)cc1.O=C(O)C(F)(F)F. The zero-order valence-corrected chi connectivity index (χ0v) is 20.7. The summed E-state index contributed by atoms with van der Waals surface area (Å²) in [5, 5.41) is 9.83. The molecule has 0 saturated carbocycles. The Morgan fingerprint density at radius 1 is 1.08 bits per heavy atom. The van der Waals surface area contributed by atoms with Crippen molar-refractivity contribution < 1.29 is 37.4 Å². The van der Waals surface area contributed by atoms with Crippen LogP contribution >= 0.6 is 0 Å². The quantitative estimate of drug-likeness (QED) is 0.235. The number of benzene rings is 1. The normalized spacial score (nSPS) is 11.7. The molecule has 0 saturated heterocycles. The molecule has 3 rings (SSSR count). The molecule has 8 N–H and O–H groups in total. The monoisotopic (exact) mass is 552 g/mol. The van der Waals surface area contributed by atoms with E-state index in [2.05, 4.69) is 25.3 Å². The number of carbonyl (C=O) groups excluding carboxylic acids is 2. The second-order valence-corrected chi connectivity index (χ2v) is 7.98. The highest BCUT2D eigenvalue weighted by molar-refractivity contribution is 5.96. The number of aliphatic carboxylic acids is 1. The third kappa shape index (κ3) is 9.33. The first kappa shape index (κ1) is 30.6. The first-order valence-corrected chi connectivity index (χ1v) is 11.4. The van der Waals surface area contributed by atoms with Gasteiger partial charge in [0.1, 0.15) is 6.04 Å². The lowest BCUT2D eigenvalue weighted by Crippen LogP contribution is -2.41. The maximum atomic E-state index is 12.5. The lowest BCUT2D eigenvalue weighted by molar-refractivity contribution is -0.192. The predicted molar refractivity (Wildman–Crippen MR) is 133 cm³/mol. The van der Waals surface area contributed by atoms with Crippen molar-refractivity contribution in [3.63, 3.8) is 0 Å². The van der Waals surface area contributed by atoms with E-state index in [1.165, 1.54) is 7.11 Å². The molecule has 13 nitrogen and oxygen atoms in total. The number of hydrogen-bond donors (Lipinski definition) is 5. The molecule has 210 valence electrons. The maximum absolute atomic E-state index is 12.5. The highest BCUT2D eigenvalue weighted by Gasteiger charge is 2.38. The minimum absolute atomic E-state index is 0.0541. The number of carboxylic acid groups (broad SMARTS) is 1. The summed E-state index contributed by atoms with van der Waals surface area (Å²) in [7, 11) is 1.29. The van der Waals surface area contributed by atoms with Gasteiger partial charge in [0.2, 0.25) is 5.95 Å². The Labute approximate surface area is 220 Å². The fraction of sp³-hybridized carbons (Fsp3) is 0.348. The number of amides is 1. The number of hydrogen-bond acceptors (Lipinski definition) is 11. The number of carbonyl (C=O) groups is 3. The van der Waals surface area contributed by atoms with Gasteiger partial charge in [-0.05, 0) is 49.9 Å². The van der Waals surface area contributed by atoms with E-state index >= 15 is 0 Å². The minimum Gasteiger partial charge on any atom is -0.475 e. The summed E-state index contributed by atoms with van der Waals surface area (Å²) in [6, 6.07) is 6.41. The van der Waals surface area contributed by atoms with Crippen molar-refractivity contribution in [2.75, 3.05) is 25.1 Å². The van der Waals surface area contributed by atoms with Gasteiger partial charge in [0, 0.05) is 5.56 Å². The molecule has 0 radical (unpaired) electrons. The molecule has 0 aliphatic carbocycles. The van der Waals surface area contributed by atoms with Crippen molar-refractivity contribution >= 4 is 40.8 Å². The van der Waals surface area contributed by atoms with Crippen molar-refractivity contribution in [1.29, 1.82) is 0 Å². The first-order valence-electron chi connectivity index (χ1n) is 11.4. The van der Waals surface area contributed by atoms with E-state index in [-0.39, 0.29) is 17.7 Å². The van der Waals surface area contributed by atoms with Gasteiger partial charge in [-0.3, -0.25) is 4.79 Å². The van der Waals surface area contributed by atoms with E-state index in [0.29, 0.717) is 49.0 Å². The Morgan fingerprint density at radius 3 is 2.28 bits per heavy atom. The minimum atomic E-state index is -5.08. The third-order valence-electron chi connectivity index (χ3n) is 5.12. The first-order chi connectivity index (χ1) is 18.3. The molecule has 1 atom stereocenters. The zero-order valence-electron chi connectivity index (χ0n) is 20.7. The van der Waals surface area contributed by atoms with Gasteiger partial charge in [-0.1, -0.05) is 12.1 Å². The molecule has 2 aromatic heterocycles. The number of nitrogens with one attached hydrogen (secondary N) is 1. The predicted octanol–water partition coefficient (Wildman–Crippen LogP) is 1.01. The van der Waals surface area contributed by atoms with Crippen LogP contribution in [0.2, 0.25) is 0 Å². The summed E-state index contributed by atoms with van der Waals surface area (Å²) in [5.74, 6) is -3.35. The van der Waals surface area contributed by atoms with Crippen molar-refractivity contribution in [3.8, 4) is 0 Å². The van der Waals surface area contributed by atoms with Gasteiger partial charge in [-0.15, -0.1) is 0 Å². The van der Waals surface area contributed by atoms with Crippen LogP contribution in [0.5, 0.6) is 0 Å². The van der Waals surface area contributed by atoms with Gasteiger partial charge in [-0.2, -0.15) is 23.1 Å². The number of methoxy groups -OCH3 is 1. The molecule has 1 amide bonds. The Hall–Kier alpha value is -4.60. The molecule has 2 heterocycles. The number of nitrogen functional groups attached to an aromatic ring is 2. The van der Waals surface area contributed by atoms with Crippen molar-refractivity contribution in [1.82, 2.24) is 25.3 Å². The Morgan fingerprint density at radius 2 is 1.72 bits per heavy atom. The number of nitrogens with two attached hydrogens (primary N) is 3. The fourth-order valence-corrected chi connectivity index (χ4v) is 3.15. The number of anilines is 2. The molecular weight excluding hydrogens is 525 g/mol. The largest absolute Gasteiger partial charge is 0.490 e. The van der Waals surface area contributed by atoms with Crippen LogP contribution in [0, 0.1) is 0 Å². The number of carboxylic acids is 1. The Kier molecular flexibility index (Phi) is 10.8. The van der Waals surface area contributed by atoms with Gasteiger partial charge >= 0.3 is 18.1 Å². The second kappa shape index (κ2) is 13.8. The summed E-state index contributed by atoms with van der Waals surface area (Å²) < 4.78 is 36.5. The highest BCUT2D eigenvalue weighted by atomic mass is 19.4. The van der Waals surface area contributed by atoms with Crippen LogP contribution < -0.4 is 22.5 Å². The van der Waals surface area contributed by atoms with Crippen molar-refractivity contribution in [2.24, 2.45) is 5.73 Å². The lowest BCUT2D eigenvalue weighted by Gasteiger charge is -2.16.